The van der Waals surface area contributed by atoms with Crippen LogP contribution >= 0.6 is 0 Å². The van der Waals surface area contributed by atoms with E-state index >= 15 is 0 Å². The van der Waals surface area contributed by atoms with E-state index in [2.05, 4.69) is 55.1 Å². The zero-order valence-corrected chi connectivity index (χ0v) is 21.9. The summed E-state index contributed by atoms with van der Waals surface area (Å²) in [6.45, 7) is 20.2. The van der Waals surface area contributed by atoms with E-state index in [4.69, 9.17) is 0 Å². The smallest absolute Gasteiger partial charge is 0.0507 e. The van der Waals surface area contributed by atoms with Gasteiger partial charge in [0.15, 0.2) is 0 Å². The van der Waals surface area contributed by atoms with Gasteiger partial charge in [-0.1, -0.05) is 72.6 Å². The molecule has 2 unspecified atom stereocenters. The molecule has 0 bridgehead atoms. The van der Waals surface area contributed by atoms with Crippen LogP contribution in [0.15, 0.2) is 0 Å². The van der Waals surface area contributed by atoms with Crippen molar-refractivity contribution < 1.29 is 0 Å². The van der Waals surface area contributed by atoms with Crippen LogP contribution in [-0.2, 0) is 0 Å². The van der Waals surface area contributed by atoms with Crippen LogP contribution in [0.1, 0.15) is 105 Å². The summed E-state index contributed by atoms with van der Waals surface area (Å²) < 4.78 is 0. The molecule has 2 N–H and O–H groups in total. The third-order valence-electron chi connectivity index (χ3n) is 7.88. The highest BCUT2D eigenvalue weighted by molar-refractivity contribution is 4.95. The second-order valence-corrected chi connectivity index (χ2v) is 11.1. The first-order valence-electron chi connectivity index (χ1n) is 13.9. The zero-order valence-electron chi connectivity index (χ0n) is 21.9. The monoisotopic (exact) mass is 436 g/mol. The predicted molar refractivity (Wildman–Crippen MR) is 137 cm³/mol. The lowest BCUT2D eigenvalue weighted by Gasteiger charge is -2.48. The van der Waals surface area contributed by atoms with E-state index in [0.29, 0.717) is 0 Å². The fourth-order valence-electron chi connectivity index (χ4n) is 5.59. The van der Waals surface area contributed by atoms with Gasteiger partial charge in [0.1, 0.15) is 0 Å². The van der Waals surface area contributed by atoms with Crippen LogP contribution in [0, 0.1) is 11.8 Å². The maximum absolute atomic E-state index is 3.98. The quantitative estimate of drug-likeness (QED) is 0.295. The normalized spacial score (nSPS) is 25.5. The van der Waals surface area contributed by atoms with Gasteiger partial charge in [0, 0.05) is 50.8 Å². The third-order valence-corrected chi connectivity index (χ3v) is 7.88. The van der Waals surface area contributed by atoms with Crippen molar-refractivity contribution in [2.45, 2.75) is 117 Å². The highest BCUT2D eigenvalue weighted by Crippen LogP contribution is 2.24. The Hall–Kier alpha value is -0.160. The Kier molecular flexibility index (Phi) is 13.0. The standard InChI is InChI=1S/C27H56N4/c1-6-10-13-24(8-3)19-30-21-27(5,29-18-17-28-26-15-12-16-26)22-31(23-30)20-25(9-4)14-11-7-2/h24-26,28-29H,6-23H2,1-5H3. The molecule has 0 aromatic carbocycles. The summed E-state index contributed by atoms with van der Waals surface area (Å²) in [5, 5.41) is 7.72. The minimum Gasteiger partial charge on any atom is -0.313 e. The second kappa shape index (κ2) is 14.9. The molecule has 1 aliphatic heterocycles. The van der Waals surface area contributed by atoms with E-state index in [1.807, 2.05) is 0 Å². The second-order valence-electron chi connectivity index (χ2n) is 11.1. The lowest BCUT2D eigenvalue weighted by molar-refractivity contribution is 0.00509. The van der Waals surface area contributed by atoms with Crippen LogP contribution in [0.5, 0.6) is 0 Å². The fourth-order valence-corrected chi connectivity index (χ4v) is 5.59. The number of nitrogens with one attached hydrogen (secondary N) is 2. The van der Waals surface area contributed by atoms with Gasteiger partial charge in [0.05, 0.1) is 6.67 Å². The molecular formula is C27H56N4. The molecule has 0 aromatic rings. The SMILES string of the molecule is CCCCC(CC)CN1CN(CC(CC)CCCC)CC(C)(NCCNC2CCC2)C1. The van der Waals surface area contributed by atoms with Crippen LogP contribution in [0.4, 0.5) is 0 Å². The molecular weight excluding hydrogens is 380 g/mol. The van der Waals surface area contributed by atoms with Crippen molar-refractivity contribution in [3.05, 3.63) is 0 Å². The first-order chi connectivity index (χ1) is 15.0. The summed E-state index contributed by atoms with van der Waals surface area (Å²) in [5.74, 6) is 1.71. The largest absolute Gasteiger partial charge is 0.313 e. The van der Waals surface area contributed by atoms with Crippen molar-refractivity contribution in [2.75, 3.05) is 45.9 Å². The highest BCUT2D eigenvalue weighted by atomic mass is 15.4. The number of rotatable bonds is 17. The number of hydrogen-bond acceptors (Lipinski definition) is 4. The van der Waals surface area contributed by atoms with E-state index in [0.717, 1.165) is 31.0 Å². The Morgan fingerprint density at radius 3 is 1.81 bits per heavy atom. The van der Waals surface area contributed by atoms with Gasteiger partial charge in [-0.2, -0.15) is 0 Å². The Morgan fingerprint density at radius 1 is 0.839 bits per heavy atom. The number of nitrogens with zero attached hydrogens (tertiary/aromatic N) is 2. The Labute approximate surface area is 195 Å². The van der Waals surface area contributed by atoms with Crippen molar-refractivity contribution >= 4 is 0 Å². The summed E-state index contributed by atoms with van der Waals surface area (Å²) >= 11 is 0. The predicted octanol–water partition coefficient (Wildman–Crippen LogP) is 5.48. The third kappa shape index (κ3) is 10.1. The van der Waals surface area contributed by atoms with Crippen molar-refractivity contribution in [2.24, 2.45) is 11.8 Å². The molecule has 0 amide bonds. The first kappa shape index (κ1) is 27.1. The van der Waals surface area contributed by atoms with E-state index in [9.17, 15) is 0 Å². The molecule has 1 saturated heterocycles. The lowest BCUT2D eigenvalue weighted by atomic mass is 9.92. The molecule has 0 spiro atoms. The number of hydrogen-bond donors (Lipinski definition) is 2. The van der Waals surface area contributed by atoms with Gasteiger partial charge in [0.2, 0.25) is 0 Å². The van der Waals surface area contributed by atoms with Crippen molar-refractivity contribution in [3.8, 4) is 0 Å². The van der Waals surface area contributed by atoms with Crippen LogP contribution in [0.25, 0.3) is 0 Å². The Bertz CT molecular complexity index is 425. The molecule has 2 aliphatic rings. The molecule has 2 atom stereocenters. The Balaban J connectivity index is 1.93. The van der Waals surface area contributed by atoms with Gasteiger partial charge in [-0.05, 0) is 44.4 Å². The summed E-state index contributed by atoms with van der Waals surface area (Å²) in [6.07, 6.45) is 15.0. The molecule has 0 aromatic heterocycles. The van der Waals surface area contributed by atoms with Crippen LogP contribution < -0.4 is 10.6 Å². The van der Waals surface area contributed by atoms with Gasteiger partial charge < -0.3 is 10.6 Å². The summed E-state index contributed by atoms with van der Waals surface area (Å²) in [7, 11) is 0. The molecule has 4 nitrogen and oxygen atoms in total. The van der Waals surface area contributed by atoms with Crippen molar-refractivity contribution in [1.29, 1.82) is 0 Å². The lowest BCUT2D eigenvalue weighted by Crippen LogP contribution is -2.65. The number of unbranched alkanes of at least 4 members (excludes halogenated alkanes) is 2. The van der Waals surface area contributed by atoms with Gasteiger partial charge >= 0.3 is 0 Å². The van der Waals surface area contributed by atoms with E-state index in [1.165, 1.54) is 103 Å². The molecule has 1 aliphatic carbocycles. The maximum atomic E-state index is 3.98. The van der Waals surface area contributed by atoms with Gasteiger partial charge in [-0.25, -0.2) is 0 Å². The first-order valence-corrected chi connectivity index (χ1v) is 13.9. The summed E-state index contributed by atoms with van der Waals surface area (Å²) in [5.41, 5.74) is 0.200. The molecule has 1 saturated carbocycles. The van der Waals surface area contributed by atoms with Crippen LogP contribution in [0.3, 0.4) is 0 Å². The average Bonchev–Trinajstić information content (AvgIpc) is 2.72. The van der Waals surface area contributed by atoms with Crippen LogP contribution in [-0.4, -0.2) is 67.3 Å². The van der Waals surface area contributed by atoms with E-state index < -0.39 is 0 Å². The van der Waals surface area contributed by atoms with E-state index in [-0.39, 0.29) is 5.54 Å². The van der Waals surface area contributed by atoms with Crippen LogP contribution in [0.2, 0.25) is 0 Å². The molecule has 2 rings (SSSR count). The molecule has 0 radical (unpaired) electrons. The average molecular weight is 437 g/mol. The maximum Gasteiger partial charge on any atom is 0.0507 e. The molecule has 184 valence electrons. The fraction of sp³-hybridized carbons (Fsp3) is 1.00. The van der Waals surface area contributed by atoms with Gasteiger partial charge in [0.25, 0.3) is 0 Å². The van der Waals surface area contributed by atoms with Crippen molar-refractivity contribution in [3.63, 3.8) is 0 Å². The zero-order chi connectivity index (χ0) is 22.5. The molecule has 1 heterocycles. The van der Waals surface area contributed by atoms with E-state index in [1.54, 1.807) is 0 Å². The molecule has 31 heavy (non-hydrogen) atoms. The topological polar surface area (TPSA) is 30.5 Å². The highest BCUT2D eigenvalue weighted by Gasteiger charge is 2.35. The summed E-state index contributed by atoms with van der Waals surface area (Å²) in [6, 6.07) is 0.793. The Morgan fingerprint density at radius 2 is 1.39 bits per heavy atom. The van der Waals surface area contributed by atoms with Crippen molar-refractivity contribution in [1.82, 2.24) is 20.4 Å². The molecule has 4 heteroatoms. The minimum absolute atomic E-state index is 0.200. The summed E-state index contributed by atoms with van der Waals surface area (Å²) in [4.78, 5) is 5.57. The minimum atomic E-state index is 0.200. The van der Waals surface area contributed by atoms with Gasteiger partial charge in [-0.3, -0.25) is 9.80 Å². The molecule has 2 fully saturated rings. The van der Waals surface area contributed by atoms with Gasteiger partial charge in [-0.15, -0.1) is 0 Å².